The Morgan fingerprint density at radius 3 is 2.32 bits per heavy atom. The van der Waals surface area contributed by atoms with Gasteiger partial charge in [0.2, 0.25) is 0 Å². The van der Waals surface area contributed by atoms with Crippen LogP contribution in [-0.2, 0) is 0 Å². The molecule has 1 aliphatic heterocycles. The number of para-hydroxylation sites is 1. The van der Waals surface area contributed by atoms with Gasteiger partial charge in [-0.2, -0.15) is 0 Å². The van der Waals surface area contributed by atoms with Crippen LogP contribution < -0.4 is 5.32 Å². The van der Waals surface area contributed by atoms with Crippen molar-refractivity contribution in [2.75, 3.05) is 38.5 Å². The first-order chi connectivity index (χ1) is 12.0. The molecule has 0 saturated carbocycles. The molecule has 0 unspecified atom stereocenters. The molecule has 1 saturated heterocycles. The minimum atomic E-state index is -1.21. The third-order valence-corrected chi connectivity index (χ3v) is 4.25. The molecule has 0 atom stereocenters. The molecule has 1 amide bonds. The maximum Gasteiger partial charge on any atom is 0.256 e. The van der Waals surface area contributed by atoms with E-state index in [4.69, 9.17) is 0 Å². The van der Waals surface area contributed by atoms with Gasteiger partial charge in [0.1, 0.15) is 5.82 Å². The lowest BCUT2D eigenvalue weighted by molar-refractivity contribution is 0.0664. The number of likely N-dealkylation sites (N-methyl/N-ethyl adjacent to an activating group) is 1. The number of carbonyl (C=O) groups is 1. The molecule has 0 radical (unpaired) electrons. The molecule has 0 aromatic heterocycles. The molecule has 1 heterocycles. The van der Waals surface area contributed by atoms with Gasteiger partial charge in [0.15, 0.2) is 11.6 Å². The first-order valence-electron chi connectivity index (χ1n) is 7.94. The van der Waals surface area contributed by atoms with Crippen LogP contribution in [0, 0.1) is 17.5 Å². The van der Waals surface area contributed by atoms with Crippen molar-refractivity contribution in [3.8, 4) is 0 Å². The highest BCUT2D eigenvalue weighted by Crippen LogP contribution is 2.28. The van der Waals surface area contributed by atoms with Gasteiger partial charge in [0.05, 0.1) is 16.9 Å². The molecule has 0 aliphatic carbocycles. The Balaban J connectivity index is 1.95. The van der Waals surface area contributed by atoms with Crippen LogP contribution in [0.25, 0.3) is 0 Å². The molecule has 0 bridgehead atoms. The van der Waals surface area contributed by atoms with E-state index in [1.807, 2.05) is 7.05 Å². The van der Waals surface area contributed by atoms with E-state index in [9.17, 15) is 18.0 Å². The van der Waals surface area contributed by atoms with E-state index < -0.39 is 23.4 Å². The van der Waals surface area contributed by atoms with Crippen molar-refractivity contribution in [3.63, 3.8) is 0 Å². The van der Waals surface area contributed by atoms with Gasteiger partial charge in [0, 0.05) is 26.2 Å². The Bertz CT molecular complexity index is 789. The Kier molecular flexibility index (Phi) is 4.94. The molecule has 1 fully saturated rings. The fourth-order valence-electron chi connectivity index (χ4n) is 2.73. The van der Waals surface area contributed by atoms with Crippen LogP contribution in [0.4, 0.5) is 24.5 Å². The van der Waals surface area contributed by atoms with Crippen molar-refractivity contribution >= 4 is 17.3 Å². The van der Waals surface area contributed by atoms with Crippen LogP contribution in [0.5, 0.6) is 0 Å². The summed E-state index contributed by atoms with van der Waals surface area (Å²) in [6.07, 6.45) is 0. The molecule has 1 N–H and O–H groups in total. The molecule has 4 nitrogen and oxygen atoms in total. The van der Waals surface area contributed by atoms with Gasteiger partial charge in [-0.15, -0.1) is 0 Å². The molecule has 2 aromatic carbocycles. The molecular formula is C18H18F3N3O. The molecular weight excluding hydrogens is 331 g/mol. The third kappa shape index (κ3) is 3.61. The second-order valence-electron chi connectivity index (χ2n) is 5.98. The molecule has 132 valence electrons. The highest BCUT2D eigenvalue weighted by atomic mass is 19.2. The predicted molar refractivity (Wildman–Crippen MR) is 89.4 cm³/mol. The predicted octanol–water partition coefficient (Wildman–Crippen LogP) is 3.24. The minimum Gasteiger partial charge on any atom is -0.350 e. The average Bonchev–Trinajstić information content (AvgIpc) is 2.61. The number of hydrogen-bond acceptors (Lipinski definition) is 3. The number of piperazine rings is 1. The van der Waals surface area contributed by atoms with Crippen molar-refractivity contribution in [3.05, 3.63) is 59.4 Å². The fourth-order valence-corrected chi connectivity index (χ4v) is 2.73. The highest BCUT2D eigenvalue weighted by molar-refractivity contribution is 6.00. The quantitative estimate of drug-likeness (QED) is 0.924. The molecule has 7 heteroatoms. The summed E-state index contributed by atoms with van der Waals surface area (Å²) >= 11 is 0. The van der Waals surface area contributed by atoms with Gasteiger partial charge < -0.3 is 15.1 Å². The summed E-state index contributed by atoms with van der Waals surface area (Å²) in [4.78, 5) is 16.4. The van der Waals surface area contributed by atoms with Gasteiger partial charge in [-0.05, 0) is 31.3 Å². The SMILES string of the molecule is CN1CCN(C(=O)c2ccc(F)c(F)c2Nc2ccccc2F)CC1. The summed E-state index contributed by atoms with van der Waals surface area (Å²) in [5.74, 6) is -3.34. The van der Waals surface area contributed by atoms with E-state index in [2.05, 4.69) is 10.2 Å². The van der Waals surface area contributed by atoms with Gasteiger partial charge in [0.25, 0.3) is 5.91 Å². The van der Waals surface area contributed by atoms with Crippen molar-refractivity contribution in [1.29, 1.82) is 0 Å². The van der Waals surface area contributed by atoms with Gasteiger partial charge in [-0.25, -0.2) is 13.2 Å². The first kappa shape index (κ1) is 17.3. The van der Waals surface area contributed by atoms with E-state index >= 15 is 0 Å². The zero-order valence-electron chi connectivity index (χ0n) is 13.7. The number of anilines is 2. The second kappa shape index (κ2) is 7.14. The number of benzene rings is 2. The van der Waals surface area contributed by atoms with Crippen LogP contribution in [0.15, 0.2) is 36.4 Å². The lowest BCUT2D eigenvalue weighted by Crippen LogP contribution is -2.47. The smallest absolute Gasteiger partial charge is 0.256 e. The number of rotatable bonds is 3. The summed E-state index contributed by atoms with van der Waals surface area (Å²) in [5.41, 5.74) is -0.403. The molecule has 3 rings (SSSR count). The van der Waals surface area contributed by atoms with Crippen LogP contribution in [0.3, 0.4) is 0 Å². The van der Waals surface area contributed by atoms with Crippen LogP contribution in [0.2, 0.25) is 0 Å². The Hall–Kier alpha value is -2.54. The zero-order valence-corrected chi connectivity index (χ0v) is 13.7. The van der Waals surface area contributed by atoms with E-state index in [0.717, 1.165) is 6.07 Å². The molecule has 0 spiro atoms. The maximum absolute atomic E-state index is 14.3. The lowest BCUT2D eigenvalue weighted by atomic mass is 10.1. The molecule has 25 heavy (non-hydrogen) atoms. The van der Waals surface area contributed by atoms with Crippen LogP contribution >= 0.6 is 0 Å². The second-order valence-corrected chi connectivity index (χ2v) is 5.98. The summed E-state index contributed by atoms with van der Waals surface area (Å²) in [6.45, 7) is 2.39. The number of nitrogens with zero attached hydrogens (tertiary/aromatic N) is 2. The Labute approximate surface area is 143 Å². The topological polar surface area (TPSA) is 35.6 Å². The van der Waals surface area contributed by atoms with Gasteiger partial charge in [-0.1, -0.05) is 12.1 Å². The van der Waals surface area contributed by atoms with Gasteiger partial charge >= 0.3 is 0 Å². The maximum atomic E-state index is 14.3. The standard InChI is InChI=1S/C18H18F3N3O/c1-23-8-10-24(11-9-23)18(25)12-6-7-14(20)16(21)17(12)22-15-5-3-2-4-13(15)19/h2-7,22H,8-11H2,1H3. The summed E-state index contributed by atoms with van der Waals surface area (Å²) < 4.78 is 41.9. The Morgan fingerprint density at radius 2 is 1.64 bits per heavy atom. The minimum absolute atomic E-state index is 0.0216. The number of amides is 1. The normalized spacial score (nSPS) is 15.3. The van der Waals surface area contributed by atoms with Crippen LogP contribution in [-0.4, -0.2) is 48.9 Å². The fraction of sp³-hybridized carbons (Fsp3) is 0.278. The highest BCUT2D eigenvalue weighted by Gasteiger charge is 2.25. The summed E-state index contributed by atoms with van der Waals surface area (Å²) in [5, 5.41) is 2.53. The largest absolute Gasteiger partial charge is 0.350 e. The van der Waals surface area contributed by atoms with Gasteiger partial charge in [-0.3, -0.25) is 4.79 Å². The first-order valence-corrected chi connectivity index (χ1v) is 7.94. The number of carbonyl (C=O) groups excluding carboxylic acids is 1. The van der Waals surface area contributed by atoms with Crippen molar-refractivity contribution in [1.82, 2.24) is 9.80 Å². The zero-order chi connectivity index (χ0) is 18.0. The van der Waals surface area contributed by atoms with E-state index in [-0.39, 0.29) is 16.9 Å². The summed E-state index contributed by atoms with van der Waals surface area (Å²) in [7, 11) is 1.95. The van der Waals surface area contributed by atoms with Crippen molar-refractivity contribution < 1.29 is 18.0 Å². The molecule has 2 aromatic rings. The lowest BCUT2D eigenvalue weighted by Gasteiger charge is -2.33. The van der Waals surface area contributed by atoms with Crippen LogP contribution in [0.1, 0.15) is 10.4 Å². The van der Waals surface area contributed by atoms with Crippen molar-refractivity contribution in [2.45, 2.75) is 0 Å². The van der Waals surface area contributed by atoms with E-state index in [1.54, 1.807) is 11.0 Å². The van der Waals surface area contributed by atoms with Crippen molar-refractivity contribution in [2.24, 2.45) is 0 Å². The Morgan fingerprint density at radius 1 is 0.960 bits per heavy atom. The number of halogens is 3. The monoisotopic (exact) mass is 349 g/mol. The van der Waals surface area contributed by atoms with E-state index in [1.165, 1.54) is 24.3 Å². The number of nitrogens with one attached hydrogen (secondary N) is 1. The third-order valence-electron chi connectivity index (χ3n) is 4.25. The molecule has 1 aliphatic rings. The average molecular weight is 349 g/mol. The summed E-state index contributed by atoms with van der Waals surface area (Å²) in [6, 6.07) is 7.77. The number of hydrogen-bond donors (Lipinski definition) is 1. The van der Waals surface area contributed by atoms with E-state index in [0.29, 0.717) is 26.2 Å².